The molecular formula is C20H19ClN4O. The van der Waals surface area contributed by atoms with Gasteiger partial charge in [0, 0.05) is 48.1 Å². The van der Waals surface area contributed by atoms with Crippen LogP contribution >= 0.6 is 11.6 Å². The average Bonchev–Trinajstić information content (AvgIpc) is 3.24. The van der Waals surface area contributed by atoms with Crippen molar-refractivity contribution in [2.45, 2.75) is 19.4 Å². The van der Waals surface area contributed by atoms with Crippen LogP contribution in [0.3, 0.4) is 0 Å². The third kappa shape index (κ3) is 3.44. The van der Waals surface area contributed by atoms with Gasteiger partial charge in [-0.2, -0.15) is 0 Å². The van der Waals surface area contributed by atoms with Gasteiger partial charge in [0.2, 0.25) is 5.91 Å². The van der Waals surface area contributed by atoms with Crippen molar-refractivity contribution in [3.05, 3.63) is 65.6 Å². The van der Waals surface area contributed by atoms with Crippen molar-refractivity contribution >= 4 is 39.4 Å². The fraction of sp³-hybridized carbons (Fsp3) is 0.200. The highest BCUT2D eigenvalue weighted by Gasteiger charge is 2.07. The van der Waals surface area contributed by atoms with Gasteiger partial charge in [-0.15, -0.1) is 0 Å². The number of H-pyrrole nitrogens is 1. The summed E-state index contributed by atoms with van der Waals surface area (Å²) < 4.78 is 2.06. The highest BCUT2D eigenvalue weighted by Crippen LogP contribution is 2.24. The number of halogens is 1. The molecule has 0 unspecified atom stereocenters. The number of hydrogen-bond acceptors (Lipinski definition) is 2. The van der Waals surface area contributed by atoms with Crippen LogP contribution in [0.4, 0.5) is 0 Å². The van der Waals surface area contributed by atoms with Crippen molar-refractivity contribution in [2.75, 3.05) is 6.54 Å². The van der Waals surface area contributed by atoms with Crippen molar-refractivity contribution in [3.8, 4) is 0 Å². The number of aromatic nitrogens is 3. The summed E-state index contributed by atoms with van der Waals surface area (Å²) in [5.41, 5.74) is 3.02. The minimum absolute atomic E-state index is 0.0324. The molecule has 2 heterocycles. The van der Waals surface area contributed by atoms with Crippen molar-refractivity contribution < 1.29 is 4.79 Å². The monoisotopic (exact) mass is 366 g/mol. The minimum Gasteiger partial charge on any atom is -0.356 e. The summed E-state index contributed by atoms with van der Waals surface area (Å²) in [6, 6.07) is 15.7. The summed E-state index contributed by atoms with van der Waals surface area (Å²) in [7, 11) is 0. The summed E-state index contributed by atoms with van der Waals surface area (Å²) >= 11 is 6.19. The molecule has 0 atom stereocenters. The summed E-state index contributed by atoms with van der Waals surface area (Å²) in [6.45, 7) is 1.19. The summed E-state index contributed by atoms with van der Waals surface area (Å²) in [6.07, 6.45) is 3.08. The first kappa shape index (κ1) is 16.7. The van der Waals surface area contributed by atoms with Crippen molar-refractivity contribution in [1.29, 1.82) is 0 Å². The molecule has 0 bridgehead atoms. The number of para-hydroxylation sites is 2. The van der Waals surface area contributed by atoms with E-state index in [1.54, 1.807) is 0 Å². The number of carbonyl (C=O) groups excluding carboxylic acids is 1. The van der Waals surface area contributed by atoms with Crippen LogP contribution < -0.4 is 5.32 Å². The molecule has 0 aliphatic carbocycles. The molecule has 2 aromatic carbocycles. The van der Waals surface area contributed by atoms with E-state index in [1.807, 2.05) is 54.7 Å². The van der Waals surface area contributed by atoms with Gasteiger partial charge >= 0.3 is 0 Å². The smallest absolute Gasteiger partial charge is 0.221 e. The van der Waals surface area contributed by atoms with Crippen LogP contribution in [0.2, 0.25) is 5.02 Å². The SMILES string of the molecule is O=C(CCn1ccc2c(Cl)cccc21)NCCc1nc2ccccc2[nH]1. The van der Waals surface area contributed by atoms with E-state index in [2.05, 4.69) is 19.9 Å². The number of hydrogen-bond donors (Lipinski definition) is 2. The molecule has 0 fully saturated rings. The lowest BCUT2D eigenvalue weighted by atomic mass is 10.2. The topological polar surface area (TPSA) is 62.7 Å². The van der Waals surface area contributed by atoms with Gasteiger partial charge in [-0.3, -0.25) is 4.79 Å². The van der Waals surface area contributed by atoms with Crippen molar-refractivity contribution in [1.82, 2.24) is 19.9 Å². The van der Waals surface area contributed by atoms with Crippen LogP contribution in [0.25, 0.3) is 21.9 Å². The average molecular weight is 367 g/mol. The number of fused-ring (bicyclic) bond motifs is 2. The first-order valence-electron chi connectivity index (χ1n) is 8.64. The summed E-state index contributed by atoms with van der Waals surface area (Å²) in [5, 5.41) is 4.71. The molecule has 132 valence electrons. The number of benzene rings is 2. The van der Waals surface area contributed by atoms with Gasteiger partial charge in [0.25, 0.3) is 0 Å². The second kappa shape index (κ2) is 7.22. The maximum Gasteiger partial charge on any atom is 0.221 e. The van der Waals surface area contributed by atoms with E-state index in [9.17, 15) is 4.79 Å². The Bertz CT molecular complexity index is 1030. The Morgan fingerprint density at radius 1 is 1.15 bits per heavy atom. The van der Waals surface area contributed by atoms with Gasteiger partial charge in [-0.05, 0) is 30.3 Å². The fourth-order valence-corrected chi connectivity index (χ4v) is 3.37. The quantitative estimate of drug-likeness (QED) is 0.543. The van der Waals surface area contributed by atoms with Crippen LogP contribution in [-0.4, -0.2) is 27.0 Å². The lowest BCUT2D eigenvalue weighted by Gasteiger charge is -2.07. The van der Waals surface area contributed by atoms with Gasteiger partial charge in [-0.25, -0.2) is 4.98 Å². The van der Waals surface area contributed by atoms with Crippen LogP contribution in [0.15, 0.2) is 54.7 Å². The lowest BCUT2D eigenvalue weighted by molar-refractivity contribution is -0.121. The largest absolute Gasteiger partial charge is 0.356 e. The molecule has 0 aliphatic rings. The van der Waals surface area contributed by atoms with Gasteiger partial charge in [-0.1, -0.05) is 29.8 Å². The van der Waals surface area contributed by atoms with E-state index in [0.717, 1.165) is 32.8 Å². The standard InChI is InChI=1S/C20H19ClN4O/c21-15-4-3-7-18-14(15)9-12-25(18)13-10-20(26)22-11-8-19-23-16-5-1-2-6-17(16)24-19/h1-7,9,12H,8,10-11,13H2,(H,22,26)(H,23,24). The molecule has 0 radical (unpaired) electrons. The number of aryl methyl sites for hydroxylation is 1. The number of aromatic amines is 1. The molecule has 0 saturated carbocycles. The van der Waals surface area contributed by atoms with E-state index in [0.29, 0.717) is 25.9 Å². The Kier molecular flexibility index (Phi) is 4.63. The second-order valence-electron chi connectivity index (χ2n) is 6.23. The van der Waals surface area contributed by atoms with E-state index < -0.39 is 0 Å². The molecule has 1 amide bonds. The van der Waals surface area contributed by atoms with Gasteiger partial charge in [0.1, 0.15) is 5.82 Å². The Morgan fingerprint density at radius 3 is 2.92 bits per heavy atom. The number of amides is 1. The predicted molar refractivity (Wildman–Crippen MR) is 104 cm³/mol. The predicted octanol–water partition coefficient (Wildman–Crippen LogP) is 3.92. The van der Waals surface area contributed by atoms with E-state index in [1.165, 1.54) is 0 Å². The van der Waals surface area contributed by atoms with Crippen LogP contribution in [0, 0.1) is 0 Å². The number of rotatable bonds is 6. The molecular weight excluding hydrogens is 348 g/mol. The van der Waals surface area contributed by atoms with Crippen LogP contribution in [0.1, 0.15) is 12.2 Å². The van der Waals surface area contributed by atoms with Crippen molar-refractivity contribution in [2.24, 2.45) is 0 Å². The Balaban J connectivity index is 1.29. The van der Waals surface area contributed by atoms with Crippen LogP contribution in [-0.2, 0) is 17.8 Å². The first-order valence-corrected chi connectivity index (χ1v) is 9.02. The van der Waals surface area contributed by atoms with Gasteiger partial charge in [0.05, 0.1) is 11.0 Å². The molecule has 0 saturated heterocycles. The number of nitrogens with zero attached hydrogens (tertiary/aromatic N) is 2. The van der Waals surface area contributed by atoms with Crippen LogP contribution in [0.5, 0.6) is 0 Å². The van der Waals surface area contributed by atoms with Crippen molar-refractivity contribution in [3.63, 3.8) is 0 Å². The molecule has 2 aromatic heterocycles. The second-order valence-corrected chi connectivity index (χ2v) is 6.64. The van der Waals surface area contributed by atoms with E-state index >= 15 is 0 Å². The zero-order valence-electron chi connectivity index (χ0n) is 14.2. The third-order valence-electron chi connectivity index (χ3n) is 4.46. The number of carbonyl (C=O) groups is 1. The normalized spacial score (nSPS) is 11.3. The third-order valence-corrected chi connectivity index (χ3v) is 4.79. The highest BCUT2D eigenvalue weighted by molar-refractivity contribution is 6.35. The molecule has 26 heavy (non-hydrogen) atoms. The molecule has 4 aromatic rings. The Morgan fingerprint density at radius 2 is 2.04 bits per heavy atom. The Hall–Kier alpha value is -2.79. The van der Waals surface area contributed by atoms with Gasteiger partial charge in [0.15, 0.2) is 0 Å². The van der Waals surface area contributed by atoms with Gasteiger partial charge < -0.3 is 14.9 Å². The molecule has 5 nitrogen and oxygen atoms in total. The molecule has 0 aliphatic heterocycles. The maximum absolute atomic E-state index is 12.1. The molecule has 6 heteroatoms. The fourth-order valence-electron chi connectivity index (χ4n) is 3.14. The molecule has 2 N–H and O–H groups in total. The molecule has 4 rings (SSSR count). The van der Waals surface area contributed by atoms with E-state index in [-0.39, 0.29) is 5.91 Å². The lowest BCUT2D eigenvalue weighted by Crippen LogP contribution is -2.26. The number of imidazole rings is 1. The highest BCUT2D eigenvalue weighted by atomic mass is 35.5. The summed E-state index contributed by atoms with van der Waals surface area (Å²) in [4.78, 5) is 19.9. The van der Waals surface area contributed by atoms with E-state index in [4.69, 9.17) is 11.6 Å². The number of nitrogens with one attached hydrogen (secondary N) is 2. The first-order chi connectivity index (χ1) is 12.7. The Labute approximate surface area is 156 Å². The zero-order valence-corrected chi connectivity index (χ0v) is 15.0. The zero-order chi connectivity index (χ0) is 17.9. The maximum atomic E-state index is 12.1. The minimum atomic E-state index is 0.0324. The molecule has 0 spiro atoms. The summed E-state index contributed by atoms with van der Waals surface area (Å²) in [5.74, 6) is 0.919.